The van der Waals surface area contributed by atoms with Crippen molar-refractivity contribution in [1.82, 2.24) is 15.3 Å². The van der Waals surface area contributed by atoms with E-state index in [9.17, 15) is 4.79 Å². The van der Waals surface area contributed by atoms with Gasteiger partial charge in [0.05, 0.1) is 22.8 Å². The molecule has 3 N–H and O–H groups in total. The molecule has 0 aliphatic heterocycles. The van der Waals surface area contributed by atoms with Gasteiger partial charge in [-0.25, -0.2) is 4.98 Å². The van der Waals surface area contributed by atoms with Crippen LogP contribution in [0.25, 0.3) is 0 Å². The highest BCUT2D eigenvalue weighted by molar-refractivity contribution is 6.33. The number of carbonyl (C=O) groups excluding carboxylic acids is 1. The molecule has 2 rings (SSSR count). The summed E-state index contributed by atoms with van der Waals surface area (Å²) >= 11 is 5.94. The third-order valence-electron chi connectivity index (χ3n) is 2.90. The summed E-state index contributed by atoms with van der Waals surface area (Å²) in [5, 5.41) is 3.06. The molecule has 5 nitrogen and oxygen atoms in total. The fourth-order valence-electron chi connectivity index (χ4n) is 1.84. The van der Waals surface area contributed by atoms with E-state index in [0.717, 1.165) is 17.7 Å². The van der Waals surface area contributed by atoms with Crippen molar-refractivity contribution < 1.29 is 4.79 Å². The van der Waals surface area contributed by atoms with Crippen LogP contribution in [0.2, 0.25) is 5.02 Å². The Kier molecular flexibility index (Phi) is 4.53. The van der Waals surface area contributed by atoms with Crippen LogP contribution in [-0.4, -0.2) is 15.9 Å². The van der Waals surface area contributed by atoms with E-state index in [2.05, 4.69) is 15.3 Å². The normalized spacial score (nSPS) is 10.3. The second-order valence-corrected chi connectivity index (χ2v) is 4.64. The third-order valence-corrected chi connectivity index (χ3v) is 3.20. The molecule has 0 bridgehead atoms. The average molecular weight is 291 g/mol. The monoisotopic (exact) mass is 290 g/mol. The molecular formula is C14H15ClN4O. The Morgan fingerprint density at radius 3 is 3.00 bits per heavy atom. The number of nitrogens with zero attached hydrogens (tertiary/aromatic N) is 2. The molecule has 0 saturated heterocycles. The number of pyridine rings is 2. The number of rotatable bonds is 4. The molecule has 104 valence electrons. The Hall–Kier alpha value is -2.14. The lowest BCUT2D eigenvalue weighted by Gasteiger charge is -2.09. The van der Waals surface area contributed by atoms with Crippen LogP contribution in [0.1, 0.15) is 28.5 Å². The summed E-state index contributed by atoms with van der Waals surface area (Å²) in [6, 6.07) is 5.33. The zero-order valence-corrected chi connectivity index (χ0v) is 11.8. The Labute approximate surface area is 122 Å². The number of nitrogens with one attached hydrogen (secondary N) is 1. The molecule has 0 aliphatic carbocycles. The lowest BCUT2D eigenvalue weighted by molar-refractivity contribution is 0.0950. The molecule has 6 heteroatoms. The van der Waals surface area contributed by atoms with E-state index in [1.807, 2.05) is 19.1 Å². The maximum atomic E-state index is 12.1. The number of amides is 1. The van der Waals surface area contributed by atoms with Crippen molar-refractivity contribution in [3.63, 3.8) is 0 Å². The van der Waals surface area contributed by atoms with Gasteiger partial charge in [0.15, 0.2) is 0 Å². The van der Waals surface area contributed by atoms with Gasteiger partial charge in [-0.2, -0.15) is 0 Å². The summed E-state index contributed by atoms with van der Waals surface area (Å²) in [6.07, 6.45) is 3.93. The minimum absolute atomic E-state index is 0.256. The van der Waals surface area contributed by atoms with Crippen molar-refractivity contribution in [2.24, 2.45) is 0 Å². The number of carbonyl (C=O) groups is 1. The Bertz CT molecular complexity index is 630. The van der Waals surface area contributed by atoms with Gasteiger partial charge >= 0.3 is 0 Å². The van der Waals surface area contributed by atoms with E-state index < -0.39 is 0 Å². The minimum atomic E-state index is -0.295. The molecule has 0 unspecified atom stereocenters. The molecule has 0 aromatic carbocycles. The Morgan fingerprint density at radius 2 is 2.25 bits per heavy atom. The molecule has 0 saturated carbocycles. The number of anilines is 1. The predicted molar refractivity (Wildman–Crippen MR) is 78.4 cm³/mol. The summed E-state index contributed by atoms with van der Waals surface area (Å²) in [7, 11) is 0. The van der Waals surface area contributed by atoms with Gasteiger partial charge in [0.25, 0.3) is 5.91 Å². The largest absolute Gasteiger partial charge is 0.384 e. The lowest BCUT2D eigenvalue weighted by atomic mass is 10.1. The van der Waals surface area contributed by atoms with Gasteiger partial charge in [0.2, 0.25) is 0 Å². The molecule has 2 aromatic heterocycles. The molecule has 2 aromatic rings. The average Bonchev–Trinajstić information content (AvgIpc) is 2.47. The van der Waals surface area contributed by atoms with Crippen molar-refractivity contribution in [3.8, 4) is 0 Å². The van der Waals surface area contributed by atoms with Gasteiger partial charge in [0.1, 0.15) is 5.82 Å². The van der Waals surface area contributed by atoms with E-state index >= 15 is 0 Å². The Balaban J connectivity index is 2.11. The van der Waals surface area contributed by atoms with Crippen molar-refractivity contribution in [2.75, 3.05) is 5.73 Å². The van der Waals surface area contributed by atoms with Crippen molar-refractivity contribution >= 4 is 23.3 Å². The molecule has 0 radical (unpaired) electrons. The number of aryl methyl sites for hydroxylation is 1. The van der Waals surface area contributed by atoms with Crippen LogP contribution in [0.4, 0.5) is 5.82 Å². The smallest absolute Gasteiger partial charge is 0.253 e. The van der Waals surface area contributed by atoms with Crippen LogP contribution >= 0.6 is 11.6 Å². The zero-order valence-electron chi connectivity index (χ0n) is 11.1. The second-order valence-electron chi connectivity index (χ2n) is 4.23. The predicted octanol–water partition coefficient (Wildman–Crippen LogP) is 2.20. The quantitative estimate of drug-likeness (QED) is 0.904. The van der Waals surface area contributed by atoms with Crippen LogP contribution < -0.4 is 11.1 Å². The number of nitrogens with two attached hydrogens (primary N) is 1. The van der Waals surface area contributed by atoms with Crippen molar-refractivity contribution in [1.29, 1.82) is 0 Å². The molecule has 0 aliphatic rings. The highest BCUT2D eigenvalue weighted by Crippen LogP contribution is 2.16. The lowest BCUT2D eigenvalue weighted by Crippen LogP contribution is -2.24. The van der Waals surface area contributed by atoms with Gasteiger partial charge in [-0.05, 0) is 24.1 Å². The first kappa shape index (κ1) is 14.3. The van der Waals surface area contributed by atoms with Crippen LogP contribution in [0.3, 0.4) is 0 Å². The van der Waals surface area contributed by atoms with Crippen LogP contribution in [0.15, 0.2) is 30.6 Å². The van der Waals surface area contributed by atoms with Crippen LogP contribution in [0.5, 0.6) is 0 Å². The second kappa shape index (κ2) is 6.34. The van der Waals surface area contributed by atoms with Crippen LogP contribution in [0, 0.1) is 0 Å². The molecule has 2 heterocycles. The topological polar surface area (TPSA) is 80.9 Å². The summed E-state index contributed by atoms with van der Waals surface area (Å²) in [6.45, 7) is 2.39. The van der Waals surface area contributed by atoms with E-state index in [0.29, 0.717) is 12.1 Å². The molecular weight excluding hydrogens is 276 g/mol. The van der Waals surface area contributed by atoms with Gasteiger partial charge in [-0.3, -0.25) is 9.78 Å². The highest BCUT2D eigenvalue weighted by Gasteiger charge is 2.12. The molecule has 20 heavy (non-hydrogen) atoms. The van der Waals surface area contributed by atoms with Gasteiger partial charge in [0, 0.05) is 12.4 Å². The van der Waals surface area contributed by atoms with Crippen molar-refractivity contribution in [2.45, 2.75) is 19.9 Å². The zero-order chi connectivity index (χ0) is 14.5. The number of halogens is 1. The SMILES string of the molecule is CCc1cccnc1CNC(=O)c1cc(N)ncc1Cl. The Morgan fingerprint density at radius 1 is 1.45 bits per heavy atom. The maximum absolute atomic E-state index is 12.1. The first-order chi connectivity index (χ1) is 9.61. The number of hydrogen-bond donors (Lipinski definition) is 2. The summed E-state index contributed by atoms with van der Waals surface area (Å²) < 4.78 is 0. The summed E-state index contributed by atoms with van der Waals surface area (Å²) in [5.41, 5.74) is 7.82. The molecule has 0 atom stereocenters. The number of nitrogen functional groups attached to an aromatic ring is 1. The minimum Gasteiger partial charge on any atom is -0.384 e. The molecule has 0 spiro atoms. The molecule has 0 fully saturated rings. The van der Waals surface area contributed by atoms with Gasteiger partial charge in [-0.15, -0.1) is 0 Å². The summed E-state index contributed by atoms with van der Waals surface area (Å²) in [5.74, 6) is -0.0385. The first-order valence-electron chi connectivity index (χ1n) is 6.23. The number of aromatic nitrogens is 2. The van der Waals surface area contributed by atoms with Crippen LogP contribution in [-0.2, 0) is 13.0 Å². The highest BCUT2D eigenvalue weighted by atomic mass is 35.5. The fraction of sp³-hybridized carbons (Fsp3) is 0.214. The van der Waals surface area contributed by atoms with E-state index in [1.54, 1.807) is 6.20 Å². The number of hydrogen-bond acceptors (Lipinski definition) is 4. The molecule has 1 amide bonds. The standard InChI is InChI=1S/C14H15ClN4O/c1-2-9-4-3-5-17-12(9)8-19-14(20)10-6-13(16)18-7-11(10)15/h3-7H,2,8H2,1H3,(H2,16,18)(H,19,20). The summed E-state index contributed by atoms with van der Waals surface area (Å²) in [4.78, 5) is 20.2. The first-order valence-corrected chi connectivity index (χ1v) is 6.61. The van der Waals surface area contributed by atoms with E-state index in [-0.39, 0.29) is 16.7 Å². The van der Waals surface area contributed by atoms with Gasteiger partial charge < -0.3 is 11.1 Å². The van der Waals surface area contributed by atoms with Gasteiger partial charge in [-0.1, -0.05) is 24.6 Å². The maximum Gasteiger partial charge on any atom is 0.253 e. The van der Waals surface area contributed by atoms with E-state index in [1.165, 1.54) is 12.3 Å². The van der Waals surface area contributed by atoms with Crippen molar-refractivity contribution in [3.05, 3.63) is 52.4 Å². The van der Waals surface area contributed by atoms with E-state index in [4.69, 9.17) is 17.3 Å². The fourth-order valence-corrected chi connectivity index (χ4v) is 2.03. The third kappa shape index (κ3) is 3.24.